The molecule has 32 heavy (non-hydrogen) atoms. The van der Waals surface area contributed by atoms with Crippen LogP contribution in [0.1, 0.15) is 55.5 Å². The molecule has 0 spiro atoms. The van der Waals surface area contributed by atoms with E-state index in [1.54, 1.807) is 18.2 Å². The topological polar surface area (TPSA) is 88.7 Å². The van der Waals surface area contributed by atoms with Crippen molar-refractivity contribution in [2.75, 3.05) is 13.2 Å². The Bertz CT molecular complexity index is 955. The van der Waals surface area contributed by atoms with Gasteiger partial charge in [-0.15, -0.1) is 0 Å². The van der Waals surface area contributed by atoms with Gasteiger partial charge in [0.25, 0.3) is 11.8 Å². The van der Waals surface area contributed by atoms with Crippen LogP contribution in [0.15, 0.2) is 46.9 Å². The summed E-state index contributed by atoms with van der Waals surface area (Å²) < 4.78 is 11.9. The maximum absolute atomic E-state index is 12.4. The normalized spacial score (nSPS) is 11.2. The predicted molar refractivity (Wildman–Crippen MR) is 132 cm³/mol. The van der Waals surface area contributed by atoms with Crippen molar-refractivity contribution in [3.8, 4) is 11.5 Å². The minimum Gasteiger partial charge on any atom is -0.492 e. The van der Waals surface area contributed by atoms with E-state index >= 15 is 0 Å². The van der Waals surface area contributed by atoms with E-state index in [2.05, 4.69) is 45.9 Å². The van der Waals surface area contributed by atoms with Gasteiger partial charge in [0, 0.05) is 5.56 Å². The van der Waals surface area contributed by atoms with Crippen molar-refractivity contribution >= 4 is 45.1 Å². The highest BCUT2D eigenvalue weighted by Crippen LogP contribution is 2.28. The summed E-state index contributed by atoms with van der Waals surface area (Å²) in [5.74, 6) is 0.803. The highest BCUT2D eigenvalue weighted by molar-refractivity contribution is 9.10. The number of amides is 2. The van der Waals surface area contributed by atoms with E-state index in [-0.39, 0.29) is 11.7 Å². The molecule has 172 valence electrons. The van der Waals surface area contributed by atoms with E-state index < -0.39 is 11.8 Å². The first-order valence-electron chi connectivity index (χ1n) is 10.4. The van der Waals surface area contributed by atoms with E-state index in [1.165, 1.54) is 0 Å². The molecule has 2 rings (SSSR count). The summed E-state index contributed by atoms with van der Waals surface area (Å²) in [6, 6.07) is 12.6. The monoisotopic (exact) mass is 521 g/mol. The highest BCUT2D eigenvalue weighted by atomic mass is 79.9. The number of halogens is 1. The van der Waals surface area contributed by atoms with Gasteiger partial charge in [-0.1, -0.05) is 39.0 Å². The lowest BCUT2D eigenvalue weighted by atomic mass is 9.98. The summed E-state index contributed by atoms with van der Waals surface area (Å²) in [4.78, 5) is 24.5. The van der Waals surface area contributed by atoms with Gasteiger partial charge < -0.3 is 9.47 Å². The number of benzene rings is 2. The molecular formula is C23H28BrN3O4S. The van der Waals surface area contributed by atoms with Crippen LogP contribution < -0.4 is 25.6 Å². The fourth-order valence-electron chi connectivity index (χ4n) is 2.72. The van der Waals surface area contributed by atoms with Gasteiger partial charge in [0.2, 0.25) is 0 Å². The Hall–Kier alpha value is -2.65. The first-order valence-corrected chi connectivity index (χ1v) is 11.6. The molecule has 0 radical (unpaired) electrons. The van der Waals surface area contributed by atoms with Gasteiger partial charge in [-0.25, -0.2) is 0 Å². The molecule has 0 aliphatic heterocycles. The third kappa shape index (κ3) is 7.80. The molecule has 7 nitrogen and oxygen atoms in total. The van der Waals surface area contributed by atoms with Gasteiger partial charge in [0.1, 0.15) is 11.5 Å². The summed E-state index contributed by atoms with van der Waals surface area (Å²) in [7, 11) is 0. The lowest BCUT2D eigenvalue weighted by molar-refractivity contribution is -0.123. The maximum atomic E-state index is 12.4. The number of hydrogen-bond acceptors (Lipinski definition) is 5. The second-order valence-electron chi connectivity index (χ2n) is 7.09. The number of ether oxygens (including phenoxy) is 2. The van der Waals surface area contributed by atoms with Crippen molar-refractivity contribution in [2.45, 2.75) is 39.5 Å². The van der Waals surface area contributed by atoms with Gasteiger partial charge in [-0.05, 0) is 76.7 Å². The fourth-order valence-corrected chi connectivity index (χ4v) is 3.36. The molecule has 2 aromatic rings. The number of hydrazine groups is 1. The van der Waals surface area contributed by atoms with Crippen molar-refractivity contribution in [1.82, 2.24) is 16.2 Å². The molecule has 0 saturated heterocycles. The lowest BCUT2D eigenvalue weighted by Gasteiger charge is -2.16. The van der Waals surface area contributed by atoms with Crippen molar-refractivity contribution < 1.29 is 19.1 Å². The summed E-state index contributed by atoms with van der Waals surface area (Å²) in [5.41, 5.74) is 6.36. The zero-order chi connectivity index (χ0) is 23.5. The number of para-hydroxylation sites is 1. The Morgan fingerprint density at radius 3 is 2.50 bits per heavy atom. The predicted octanol–water partition coefficient (Wildman–Crippen LogP) is 4.47. The average Bonchev–Trinajstić information content (AvgIpc) is 2.80. The number of carbonyl (C=O) groups excluding carboxylic acids is 2. The minimum atomic E-state index is -0.430. The van der Waals surface area contributed by atoms with E-state index in [9.17, 15) is 9.59 Å². The number of rotatable bonds is 9. The average molecular weight is 522 g/mol. The van der Waals surface area contributed by atoms with Crippen LogP contribution in [0.4, 0.5) is 0 Å². The largest absolute Gasteiger partial charge is 0.492 e. The molecule has 0 fully saturated rings. The van der Waals surface area contributed by atoms with Crippen LogP contribution in [0.25, 0.3) is 0 Å². The van der Waals surface area contributed by atoms with Crippen LogP contribution in [0, 0.1) is 0 Å². The zero-order valence-electron chi connectivity index (χ0n) is 18.4. The minimum absolute atomic E-state index is 0.0363. The van der Waals surface area contributed by atoms with Gasteiger partial charge in [-0.2, -0.15) is 0 Å². The summed E-state index contributed by atoms with van der Waals surface area (Å²) in [5, 5.41) is 2.47. The molecule has 1 unspecified atom stereocenters. The molecule has 2 amide bonds. The summed E-state index contributed by atoms with van der Waals surface area (Å²) in [6.07, 6.45) is 1.85. The molecule has 0 saturated carbocycles. The van der Waals surface area contributed by atoms with Crippen LogP contribution in [0.3, 0.4) is 0 Å². The van der Waals surface area contributed by atoms with Crippen molar-refractivity contribution in [3.05, 3.63) is 58.1 Å². The first kappa shape index (κ1) is 25.6. The highest BCUT2D eigenvalue weighted by Gasteiger charge is 2.13. The molecular weight excluding hydrogens is 494 g/mol. The van der Waals surface area contributed by atoms with Gasteiger partial charge in [-0.3, -0.25) is 25.8 Å². The molecule has 2 aromatic carbocycles. The lowest BCUT2D eigenvalue weighted by Crippen LogP contribution is -2.49. The van der Waals surface area contributed by atoms with E-state index in [4.69, 9.17) is 21.7 Å². The number of nitrogens with one attached hydrogen (secondary N) is 3. The van der Waals surface area contributed by atoms with Crippen LogP contribution in [-0.2, 0) is 4.79 Å². The Kier molecular flexibility index (Phi) is 10.4. The maximum Gasteiger partial charge on any atom is 0.276 e. The number of hydrogen-bond donors (Lipinski definition) is 3. The quantitative estimate of drug-likeness (QED) is 0.333. The third-order valence-electron chi connectivity index (χ3n) is 4.62. The van der Waals surface area contributed by atoms with E-state index in [0.717, 1.165) is 18.4 Å². The molecule has 0 aromatic heterocycles. The van der Waals surface area contributed by atoms with Crippen LogP contribution in [0.5, 0.6) is 11.5 Å². The molecule has 3 N–H and O–H groups in total. The summed E-state index contributed by atoms with van der Waals surface area (Å²) >= 11 is 8.47. The molecule has 0 aliphatic rings. The van der Waals surface area contributed by atoms with Crippen LogP contribution in [-0.4, -0.2) is 30.1 Å². The van der Waals surface area contributed by atoms with Gasteiger partial charge in [0.15, 0.2) is 11.7 Å². The first-order chi connectivity index (χ1) is 15.3. The van der Waals surface area contributed by atoms with E-state index in [1.807, 2.05) is 31.2 Å². The molecule has 0 bridgehead atoms. The SMILES string of the molecule is CCCOc1ccc(C(=O)NC(=S)NNC(=O)COc2ccccc2C(C)CC)cc1Br. The Morgan fingerprint density at radius 1 is 1.06 bits per heavy atom. The van der Waals surface area contributed by atoms with Crippen molar-refractivity contribution in [3.63, 3.8) is 0 Å². The zero-order valence-corrected chi connectivity index (χ0v) is 20.8. The van der Waals surface area contributed by atoms with Crippen LogP contribution in [0.2, 0.25) is 0 Å². The molecule has 0 heterocycles. The Labute approximate surface area is 202 Å². The van der Waals surface area contributed by atoms with E-state index in [0.29, 0.717) is 34.1 Å². The third-order valence-corrected chi connectivity index (χ3v) is 5.44. The molecule has 9 heteroatoms. The molecule has 0 aliphatic carbocycles. The standard InChI is InChI=1S/C23H28BrN3O4S/c1-4-12-30-20-11-10-16(13-18(20)24)22(29)25-23(32)27-26-21(28)14-31-19-9-7-6-8-17(19)15(3)5-2/h6-11,13,15H,4-5,12,14H2,1-3H3,(H,26,28)(H2,25,27,29,32). The van der Waals surface area contributed by atoms with Crippen LogP contribution >= 0.6 is 28.1 Å². The van der Waals surface area contributed by atoms with Crippen molar-refractivity contribution in [1.29, 1.82) is 0 Å². The molecule has 1 atom stereocenters. The van der Waals surface area contributed by atoms with Crippen molar-refractivity contribution in [2.24, 2.45) is 0 Å². The Balaban J connectivity index is 1.81. The fraction of sp³-hybridized carbons (Fsp3) is 0.348. The van der Waals surface area contributed by atoms with Gasteiger partial charge >= 0.3 is 0 Å². The second-order valence-corrected chi connectivity index (χ2v) is 8.35. The Morgan fingerprint density at radius 2 is 1.81 bits per heavy atom. The summed E-state index contributed by atoms with van der Waals surface area (Å²) in [6.45, 7) is 6.62. The smallest absolute Gasteiger partial charge is 0.276 e. The second kappa shape index (κ2) is 13.0. The van der Waals surface area contributed by atoms with Gasteiger partial charge in [0.05, 0.1) is 11.1 Å². The number of carbonyl (C=O) groups is 2. The number of thiocarbonyl (C=S) groups is 1.